The minimum Gasteiger partial charge on any atom is -0.477 e. The summed E-state index contributed by atoms with van der Waals surface area (Å²) in [7, 11) is -3.68. The summed E-state index contributed by atoms with van der Waals surface area (Å²) >= 11 is 0.902. The first-order valence-corrected chi connectivity index (χ1v) is 8.89. The minimum absolute atomic E-state index is 0.00118. The quantitative estimate of drug-likeness (QED) is 0.784. The first kappa shape index (κ1) is 16.4. The molecule has 118 valence electrons. The molecule has 2 N–H and O–H groups in total. The van der Waals surface area contributed by atoms with E-state index in [1.165, 1.54) is 11.4 Å². The molecule has 1 atom stereocenters. The summed E-state index contributed by atoms with van der Waals surface area (Å²) in [6, 6.07) is 0.915. The highest BCUT2D eigenvalue weighted by Crippen LogP contribution is 2.19. The van der Waals surface area contributed by atoms with Crippen LogP contribution >= 0.6 is 11.3 Å². The summed E-state index contributed by atoms with van der Waals surface area (Å²) in [4.78, 5) is 12.9. The van der Waals surface area contributed by atoms with Gasteiger partial charge in [-0.25, -0.2) is 17.9 Å². The zero-order valence-corrected chi connectivity index (χ0v) is 13.2. The lowest BCUT2D eigenvalue weighted by atomic mass is 10.3. The summed E-state index contributed by atoms with van der Waals surface area (Å²) in [6.45, 7) is 5.27. The van der Waals surface area contributed by atoms with Crippen LogP contribution in [0.25, 0.3) is 0 Å². The van der Waals surface area contributed by atoms with E-state index in [0.29, 0.717) is 19.8 Å². The lowest BCUT2D eigenvalue weighted by Gasteiger charge is -2.29. The number of thiophene rings is 1. The zero-order chi connectivity index (χ0) is 15.5. The molecule has 1 aromatic rings. The number of morpholine rings is 1. The summed E-state index contributed by atoms with van der Waals surface area (Å²) in [5, 5.41) is 10.2. The van der Waals surface area contributed by atoms with Crippen molar-refractivity contribution in [1.29, 1.82) is 0 Å². The van der Waals surface area contributed by atoms with Crippen LogP contribution in [0.4, 0.5) is 0 Å². The molecule has 0 aliphatic carbocycles. The Bertz CT molecular complexity index is 593. The number of ether oxygens (including phenoxy) is 1. The number of nitrogens with one attached hydrogen (secondary N) is 1. The van der Waals surface area contributed by atoms with Gasteiger partial charge in [-0.3, -0.25) is 4.90 Å². The van der Waals surface area contributed by atoms with E-state index in [9.17, 15) is 13.2 Å². The first-order valence-electron chi connectivity index (χ1n) is 6.53. The van der Waals surface area contributed by atoms with Crippen molar-refractivity contribution in [2.75, 3.05) is 32.8 Å². The molecule has 1 aliphatic rings. The van der Waals surface area contributed by atoms with Gasteiger partial charge in [0.15, 0.2) is 0 Å². The number of hydrogen-bond acceptors (Lipinski definition) is 6. The Morgan fingerprint density at radius 2 is 2.19 bits per heavy atom. The predicted molar refractivity (Wildman–Crippen MR) is 78.3 cm³/mol. The Balaban J connectivity index is 1.97. The molecule has 0 saturated carbocycles. The highest BCUT2D eigenvalue weighted by molar-refractivity contribution is 7.89. The maximum atomic E-state index is 12.2. The van der Waals surface area contributed by atoms with Gasteiger partial charge in [0, 0.05) is 31.1 Å². The molecule has 1 unspecified atom stereocenters. The van der Waals surface area contributed by atoms with Gasteiger partial charge in [0.1, 0.15) is 4.88 Å². The maximum absolute atomic E-state index is 12.2. The molecule has 0 amide bonds. The fourth-order valence-electron chi connectivity index (χ4n) is 2.11. The van der Waals surface area contributed by atoms with Crippen molar-refractivity contribution >= 4 is 27.3 Å². The molecule has 7 nitrogen and oxygen atoms in total. The second-order valence-corrected chi connectivity index (χ2v) is 7.51. The smallest absolute Gasteiger partial charge is 0.345 e. The molecule has 1 aliphatic heterocycles. The van der Waals surface area contributed by atoms with Gasteiger partial charge < -0.3 is 9.84 Å². The van der Waals surface area contributed by atoms with E-state index >= 15 is 0 Å². The van der Waals surface area contributed by atoms with E-state index in [2.05, 4.69) is 9.62 Å². The SMILES string of the molecule is CC(CN1CCOCC1)NS(=O)(=O)c1csc(C(=O)O)c1. The lowest BCUT2D eigenvalue weighted by molar-refractivity contribution is 0.0354. The van der Waals surface area contributed by atoms with Gasteiger partial charge in [-0.15, -0.1) is 11.3 Å². The molecule has 0 radical (unpaired) electrons. The van der Waals surface area contributed by atoms with Crippen LogP contribution in [0.2, 0.25) is 0 Å². The van der Waals surface area contributed by atoms with Gasteiger partial charge in [0.2, 0.25) is 10.0 Å². The van der Waals surface area contributed by atoms with Crippen molar-refractivity contribution in [2.24, 2.45) is 0 Å². The third kappa shape index (κ3) is 4.48. The van der Waals surface area contributed by atoms with Crippen molar-refractivity contribution in [2.45, 2.75) is 17.9 Å². The van der Waals surface area contributed by atoms with Crippen LogP contribution in [0.1, 0.15) is 16.6 Å². The molecule has 2 rings (SSSR count). The summed E-state index contributed by atoms with van der Waals surface area (Å²) < 4.78 is 32.2. The van der Waals surface area contributed by atoms with Crippen LogP contribution in [-0.4, -0.2) is 63.3 Å². The summed E-state index contributed by atoms with van der Waals surface area (Å²) in [5.41, 5.74) is 0. The topological polar surface area (TPSA) is 95.9 Å². The Kier molecular flexibility index (Phi) is 5.33. The molecular formula is C12H18N2O5S2. The largest absolute Gasteiger partial charge is 0.477 e. The van der Waals surface area contributed by atoms with Crippen molar-refractivity contribution < 1.29 is 23.1 Å². The van der Waals surface area contributed by atoms with Gasteiger partial charge in [0.25, 0.3) is 0 Å². The highest BCUT2D eigenvalue weighted by atomic mass is 32.2. The molecule has 0 spiro atoms. The molecule has 1 fully saturated rings. The standard InChI is InChI=1S/C12H18N2O5S2/c1-9(7-14-2-4-19-5-3-14)13-21(17,18)10-6-11(12(15)16)20-8-10/h6,8-9,13H,2-5,7H2,1H3,(H,15,16). The number of sulfonamides is 1. The number of hydrogen-bond donors (Lipinski definition) is 2. The van der Waals surface area contributed by atoms with E-state index < -0.39 is 16.0 Å². The molecule has 21 heavy (non-hydrogen) atoms. The van der Waals surface area contributed by atoms with Crippen LogP contribution in [0, 0.1) is 0 Å². The third-order valence-corrected chi connectivity index (χ3v) is 5.72. The highest BCUT2D eigenvalue weighted by Gasteiger charge is 2.22. The van der Waals surface area contributed by atoms with Crippen molar-refractivity contribution in [3.63, 3.8) is 0 Å². The predicted octanol–water partition coefficient (Wildman–Crippen LogP) is 0.445. The van der Waals surface area contributed by atoms with Gasteiger partial charge in [-0.1, -0.05) is 0 Å². The summed E-state index contributed by atoms with van der Waals surface area (Å²) in [6.07, 6.45) is 0. The van der Waals surface area contributed by atoms with E-state index in [4.69, 9.17) is 9.84 Å². The van der Waals surface area contributed by atoms with Gasteiger partial charge in [-0.05, 0) is 13.0 Å². The fraction of sp³-hybridized carbons (Fsp3) is 0.583. The second-order valence-electron chi connectivity index (χ2n) is 4.89. The summed E-state index contributed by atoms with van der Waals surface area (Å²) in [5.74, 6) is -1.12. The second kappa shape index (κ2) is 6.84. The normalized spacial score (nSPS) is 18.5. The van der Waals surface area contributed by atoms with Crippen molar-refractivity contribution in [3.8, 4) is 0 Å². The van der Waals surface area contributed by atoms with Crippen LogP contribution < -0.4 is 4.72 Å². The Morgan fingerprint density at radius 1 is 1.52 bits per heavy atom. The van der Waals surface area contributed by atoms with Gasteiger partial charge in [0.05, 0.1) is 18.1 Å². The molecule has 1 aromatic heterocycles. The molecule has 0 aromatic carbocycles. The van der Waals surface area contributed by atoms with E-state index in [0.717, 1.165) is 24.4 Å². The van der Waals surface area contributed by atoms with Gasteiger partial charge >= 0.3 is 5.97 Å². The van der Waals surface area contributed by atoms with Crippen LogP contribution in [0.5, 0.6) is 0 Å². The first-order chi connectivity index (χ1) is 9.88. The Labute approximate surface area is 127 Å². The molecule has 1 saturated heterocycles. The van der Waals surface area contributed by atoms with Crippen molar-refractivity contribution in [1.82, 2.24) is 9.62 Å². The third-order valence-electron chi connectivity index (χ3n) is 3.09. The van der Waals surface area contributed by atoms with E-state index in [1.54, 1.807) is 6.92 Å². The number of carboxylic acids is 1. The van der Waals surface area contributed by atoms with E-state index in [-0.39, 0.29) is 15.8 Å². The average Bonchev–Trinajstić information content (AvgIpc) is 2.89. The maximum Gasteiger partial charge on any atom is 0.345 e. The number of rotatable bonds is 6. The molecular weight excluding hydrogens is 316 g/mol. The monoisotopic (exact) mass is 334 g/mol. The molecule has 2 heterocycles. The van der Waals surface area contributed by atoms with E-state index in [1.807, 2.05) is 0 Å². The van der Waals surface area contributed by atoms with Crippen molar-refractivity contribution in [3.05, 3.63) is 16.3 Å². The fourth-order valence-corrected chi connectivity index (χ4v) is 4.46. The Morgan fingerprint density at radius 3 is 2.76 bits per heavy atom. The number of aromatic carboxylic acids is 1. The Hall–Kier alpha value is -1.00. The van der Waals surface area contributed by atoms with Crippen LogP contribution in [0.15, 0.2) is 16.3 Å². The zero-order valence-electron chi connectivity index (χ0n) is 11.6. The lowest BCUT2D eigenvalue weighted by Crippen LogP contribution is -2.45. The van der Waals surface area contributed by atoms with Gasteiger partial charge in [-0.2, -0.15) is 0 Å². The number of carbonyl (C=O) groups is 1. The molecule has 9 heteroatoms. The average molecular weight is 334 g/mol. The number of nitrogens with zero attached hydrogens (tertiary/aromatic N) is 1. The minimum atomic E-state index is -3.68. The van der Waals surface area contributed by atoms with Crippen LogP contribution in [0.3, 0.4) is 0 Å². The van der Waals surface area contributed by atoms with Crippen LogP contribution in [-0.2, 0) is 14.8 Å². The number of carboxylic acid groups (broad SMARTS) is 1. The molecule has 0 bridgehead atoms.